The van der Waals surface area contributed by atoms with Crippen molar-refractivity contribution in [1.82, 2.24) is 10.3 Å². The summed E-state index contributed by atoms with van der Waals surface area (Å²) in [6.07, 6.45) is 6.48. The van der Waals surface area contributed by atoms with E-state index in [1.54, 1.807) is 0 Å². The van der Waals surface area contributed by atoms with Crippen molar-refractivity contribution in [3.05, 3.63) is 23.4 Å². The Labute approximate surface area is 123 Å². The summed E-state index contributed by atoms with van der Waals surface area (Å²) in [7, 11) is 0. The lowest BCUT2D eigenvalue weighted by Gasteiger charge is -2.28. The third-order valence-corrected chi connectivity index (χ3v) is 4.27. The predicted molar refractivity (Wildman–Crippen MR) is 86.2 cm³/mol. The molecule has 0 amide bonds. The van der Waals surface area contributed by atoms with Crippen LogP contribution in [-0.4, -0.2) is 24.1 Å². The number of anilines is 1. The van der Waals surface area contributed by atoms with Gasteiger partial charge in [-0.1, -0.05) is 25.8 Å². The van der Waals surface area contributed by atoms with Crippen molar-refractivity contribution in [2.45, 2.75) is 65.5 Å². The minimum atomic E-state index is 0.619. The molecule has 1 unspecified atom stereocenters. The molecule has 1 fully saturated rings. The van der Waals surface area contributed by atoms with E-state index in [0.29, 0.717) is 6.04 Å². The van der Waals surface area contributed by atoms with Crippen LogP contribution in [0.25, 0.3) is 0 Å². The number of pyridine rings is 1. The fraction of sp³-hybridized carbons (Fsp3) is 0.706. The summed E-state index contributed by atoms with van der Waals surface area (Å²) in [5, 5.41) is 3.46. The summed E-state index contributed by atoms with van der Waals surface area (Å²) in [5.74, 6) is 1.16. The molecule has 0 saturated carbocycles. The first-order chi connectivity index (χ1) is 9.72. The molecule has 1 saturated heterocycles. The maximum atomic E-state index is 4.85. The molecule has 0 aliphatic carbocycles. The standard InChI is InChI=1S/C17H29N3/c1-4-11-18-13-16-9-10-17(19-15(16)3)20-12-7-5-6-8-14(20)2/h9-10,14,18H,4-8,11-13H2,1-3H3. The Morgan fingerprint density at radius 1 is 1.30 bits per heavy atom. The molecule has 112 valence electrons. The Kier molecular flexibility index (Phi) is 5.84. The van der Waals surface area contributed by atoms with Crippen molar-refractivity contribution >= 4 is 5.82 Å². The van der Waals surface area contributed by atoms with Gasteiger partial charge in [0.05, 0.1) is 0 Å². The van der Waals surface area contributed by atoms with Crippen LogP contribution in [0.15, 0.2) is 12.1 Å². The van der Waals surface area contributed by atoms with E-state index in [1.165, 1.54) is 43.4 Å². The van der Waals surface area contributed by atoms with E-state index < -0.39 is 0 Å². The number of rotatable bonds is 5. The van der Waals surface area contributed by atoms with Crippen LogP contribution < -0.4 is 10.2 Å². The normalized spacial score (nSPS) is 19.9. The molecular formula is C17H29N3. The molecule has 1 N–H and O–H groups in total. The summed E-state index contributed by atoms with van der Waals surface area (Å²) >= 11 is 0. The maximum absolute atomic E-state index is 4.85. The number of hydrogen-bond donors (Lipinski definition) is 1. The molecule has 0 radical (unpaired) electrons. The molecule has 1 aromatic heterocycles. The molecular weight excluding hydrogens is 246 g/mol. The second kappa shape index (κ2) is 7.63. The number of hydrogen-bond acceptors (Lipinski definition) is 3. The SMILES string of the molecule is CCCNCc1ccc(N2CCCCCC2C)nc1C. The lowest BCUT2D eigenvalue weighted by atomic mass is 10.1. The lowest BCUT2D eigenvalue weighted by molar-refractivity contribution is 0.610. The molecule has 3 nitrogen and oxygen atoms in total. The summed E-state index contributed by atoms with van der Waals surface area (Å²) in [6, 6.07) is 5.07. The van der Waals surface area contributed by atoms with Gasteiger partial charge in [0, 0.05) is 24.8 Å². The molecule has 1 aliphatic rings. The third kappa shape index (κ3) is 3.95. The minimum Gasteiger partial charge on any atom is -0.354 e. The Balaban J connectivity index is 2.07. The second-order valence-electron chi connectivity index (χ2n) is 5.98. The minimum absolute atomic E-state index is 0.619. The first-order valence-electron chi connectivity index (χ1n) is 8.16. The largest absolute Gasteiger partial charge is 0.354 e. The zero-order chi connectivity index (χ0) is 14.4. The quantitative estimate of drug-likeness (QED) is 0.831. The van der Waals surface area contributed by atoms with Gasteiger partial charge in [0.2, 0.25) is 0 Å². The molecule has 1 aliphatic heterocycles. The molecule has 3 heteroatoms. The fourth-order valence-electron chi connectivity index (χ4n) is 2.94. The highest BCUT2D eigenvalue weighted by molar-refractivity contribution is 5.42. The highest BCUT2D eigenvalue weighted by atomic mass is 15.2. The third-order valence-electron chi connectivity index (χ3n) is 4.27. The van der Waals surface area contributed by atoms with Crippen molar-refractivity contribution in [3.63, 3.8) is 0 Å². The van der Waals surface area contributed by atoms with Crippen LogP contribution in [0, 0.1) is 6.92 Å². The molecule has 2 rings (SSSR count). The Bertz CT molecular complexity index is 417. The first-order valence-corrected chi connectivity index (χ1v) is 8.16. The summed E-state index contributed by atoms with van der Waals surface area (Å²) < 4.78 is 0. The van der Waals surface area contributed by atoms with Gasteiger partial charge in [-0.15, -0.1) is 0 Å². The number of nitrogens with zero attached hydrogens (tertiary/aromatic N) is 2. The van der Waals surface area contributed by atoms with Gasteiger partial charge in [-0.05, 0) is 51.3 Å². The van der Waals surface area contributed by atoms with Gasteiger partial charge in [-0.3, -0.25) is 0 Å². The highest BCUT2D eigenvalue weighted by Gasteiger charge is 2.18. The van der Waals surface area contributed by atoms with Gasteiger partial charge in [-0.25, -0.2) is 4.98 Å². The van der Waals surface area contributed by atoms with E-state index in [2.05, 4.69) is 43.1 Å². The summed E-state index contributed by atoms with van der Waals surface area (Å²) in [5.41, 5.74) is 2.49. The number of nitrogens with one attached hydrogen (secondary N) is 1. The van der Waals surface area contributed by atoms with Gasteiger partial charge >= 0.3 is 0 Å². The van der Waals surface area contributed by atoms with Crippen molar-refractivity contribution in [1.29, 1.82) is 0 Å². The van der Waals surface area contributed by atoms with Crippen molar-refractivity contribution < 1.29 is 0 Å². The lowest BCUT2D eigenvalue weighted by Crippen LogP contribution is -2.33. The Morgan fingerprint density at radius 3 is 2.90 bits per heavy atom. The maximum Gasteiger partial charge on any atom is 0.129 e. The number of aromatic nitrogens is 1. The zero-order valence-corrected chi connectivity index (χ0v) is 13.3. The van der Waals surface area contributed by atoms with Crippen LogP contribution in [0.1, 0.15) is 57.2 Å². The highest BCUT2D eigenvalue weighted by Crippen LogP contribution is 2.23. The van der Waals surface area contributed by atoms with E-state index in [0.717, 1.165) is 25.5 Å². The van der Waals surface area contributed by atoms with Crippen molar-refractivity contribution in [3.8, 4) is 0 Å². The van der Waals surface area contributed by atoms with E-state index in [-0.39, 0.29) is 0 Å². The Morgan fingerprint density at radius 2 is 2.15 bits per heavy atom. The Hall–Kier alpha value is -1.09. The molecule has 1 atom stereocenters. The summed E-state index contributed by atoms with van der Waals surface area (Å²) in [4.78, 5) is 7.34. The van der Waals surface area contributed by atoms with Gasteiger partial charge in [0.15, 0.2) is 0 Å². The van der Waals surface area contributed by atoms with Crippen LogP contribution in [0.4, 0.5) is 5.82 Å². The molecule has 20 heavy (non-hydrogen) atoms. The van der Waals surface area contributed by atoms with Crippen LogP contribution in [0.5, 0.6) is 0 Å². The van der Waals surface area contributed by atoms with Crippen molar-refractivity contribution in [2.24, 2.45) is 0 Å². The van der Waals surface area contributed by atoms with E-state index in [9.17, 15) is 0 Å². The summed E-state index contributed by atoms with van der Waals surface area (Å²) in [6.45, 7) is 9.82. The van der Waals surface area contributed by atoms with Gasteiger partial charge in [-0.2, -0.15) is 0 Å². The molecule has 0 spiro atoms. The van der Waals surface area contributed by atoms with Gasteiger partial charge in [0.1, 0.15) is 5.82 Å². The molecule has 1 aromatic rings. The predicted octanol–water partition coefficient (Wildman–Crippen LogP) is 3.66. The smallest absolute Gasteiger partial charge is 0.129 e. The monoisotopic (exact) mass is 275 g/mol. The second-order valence-corrected chi connectivity index (χ2v) is 5.98. The average molecular weight is 275 g/mol. The first kappa shape index (κ1) is 15.3. The topological polar surface area (TPSA) is 28.2 Å². The van der Waals surface area contributed by atoms with Gasteiger partial charge < -0.3 is 10.2 Å². The van der Waals surface area contributed by atoms with Crippen LogP contribution in [0.2, 0.25) is 0 Å². The average Bonchev–Trinajstić information content (AvgIpc) is 2.65. The zero-order valence-electron chi connectivity index (χ0n) is 13.3. The van der Waals surface area contributed by atoms with E-state index >= 15 is 0 Å². The fourth-order valence-corrected chi connectivity index (χ4v) is 2.94. The van der Waals surface area contributed by atoms with Crippen molar-refractivity contribution in [2.75, 3.05) is 18.0 Å². The van der Waals surface area contributed by atoms with Gasteiger partial charge in [0.25, 0.3) is 0 Å². The van der Waals surface area contributed by atoms with Crippen LogP contribution >= 0.6 is 0 Å². The van der Waals surface area contributed by atoms with Crippen LogP contribution in [-0.2, 0) is 6.54 Å². The van der Waals surface area contributed by atoms with Crippen LogP contribution in [0.3, 0.4) is 0 Å². The molecule has 0 bridgehead atoms. The van der Waals surface area contributed by atoms with E-state index in [4.69, 9.17) is 4.98 Å². The number of aryl methyl sites for hydroxylation is 1. The molecule has 2 heterocycles. The van der Waals surface area contributed by atoms with E-state index in [1.807, 2.05) is 0 Å². The molecule has 0 aromatic carbocycles.